The summed E-state index contributed by atoms with van der Waals surface area (Å²) in [5.74, 6) is 0.201. The van der Waals surface area contributed by atoms with Gasteiger partial charge in [-0.1, -0.05) is 0 Å². The van der Waals surface area contributed by atoms with Crippen molar-refractivity contribution in [3.63, 3.8) is 0 Å². The first-order valence-corrected chi connectivity index (χ1v) is 6.18. The molecule has 0 bridgehead atoms. The second-order valence-electron chi connectivity index (χ2n) is 3.64. The summed E-state index contributed by atoms with van der Waals surface area (Å²) in [5, 5.41) is 0. The Hall–Kier alpha value is -1.64. The minimum absolute atomic E-state index is 0.0513. The molecule has 0 saturated heterocycles. The average Bonchev–Trinajstić information content (AvgIpc) is 2.45. The number of nitrogens with zero attached hydrogens (tertiary/aromatic N) is 1. The van der Waals surface area contributed by atoms with Crippen LogP contribution in [0.2, 0.25) is 0 Å². The van der Waals surface area contributed by atoms with Gasteiger partial charge in [0, 0.05) is 7.11 Å². The van der Waals surface area contributed by atoms with Crippen LogP contribution in [0.5, 0.6) is 11.6 Å². The molecule has 1 heterocycles. The fraction of sp³-hybridized carbons (Fsp3) is 0.667. The number of H-pyrrole nitrogens is 1. The van der Waals surface area contributed by atoms with Gasteiger partial charge < -0.3 is 28.7 Å². The van der Waals surface area contributed by atoms with E-state index in [-0.39, 0.29) is 23.8 Å². The number of methoxy groups -OCH3 is 2. The zero-order chi connectivity index (χ0) is 14.6. The molecule has 0 fully saturated rings. The molecule has 0 aromatic carbocycles. The van der Waals surface area contributed by atoms with Crippen molar-refractivity contribution in [1.29, 1.82) is 0 Å². The van der Waals surface area contributed by atoms with Crippen molar-refractivity contribution in [2.24, 2.45) is 0 Å². The monoisotopic (exact) mass is 288 g/mol. The average molecular weight is 288 g/mol. The smallest absolute Gasteiger partial charge is 0.297 e. The third kappa shape index (κ3) is 6.00. The molecular weight excluding hydrogens is 268 g/mol. The Morgan fingerprint density at radius 3 is 2.35 bits per heavy atom. The third-order valence-corrected chi connectivity index (χ3v) is 2.25. The molecule has 1 aromatic heterocycles. The number of hydrogen-bond acceptors (Lipinski definition) is 7. The van der Waals surface area contributed by atoms with Crippen molar-refractivity contribution in [3.05, 3.63) is 16.7 Å². The van der Waals surface area contributed by atoms with Crippen LogP contribution in [0.1, 0.15) is 0 Å². The summed E-state index contributed by atoms with van der Waals surface area (Å²) in [7, 11) is 3.00. The van der Waals surface area contributed by atoms with E-state index in [0.717, 1.165) is 0 Å². The van der Waals surface area contributed by atoms with Gasteiger partial charge >= 0.3 is 0 Å². The van der Waals surface area contributed by atoms with Gasteiger partial charge in [0.05, 0.1) is 46.5 Å². The Morgan fingerprint density at radius 1 is 1.05 bits per heavy atom. The molecule has 0 amide bonds. The molecule has 0 aliphatic carbocycles. The van der Waals surface area contributed by atoms with Crippen LogP contribution in [0.25, 0.3) is 0 Å². The van der Waals surface area contributed by atoms with Gasteiger partial charge in [-0.05, 0) is 0 Å². The van der Waals surface area contributed by atoms with Gasteiger partial charge in [0.1, 0.15) is 6.61 Å². The molecule has 0 saturated carbocycles. The number of ether oxygens (including phenoxy) is 5. The molecule has 1 aromatic rings. The molecule has 20 heavy (non-hydrogen) atoms. The van der Waals surface area contributed by atoms with Crippen LogP contribution >= 0.6 is 0 Å². The number of hydrogen-bond donors (Lipinski definition) is 1. The van der Waals surface area contributed by atoms with E-state index in [0.29, 0.717) is 33.0 Å². The highest BCUT2D eigenvalue weighted by atomic mass is 16.6. The van der Waals surface area contributed by atoms with Crippen molar-refractivity contribution in [2.45, 2.75) is 0 Å². The van der Waals surface area contributed by atoms with Crippen LogP contribution in [0.4, 0.5) is 0 Å². The van der Waals surface area contributed by atoms with Crippen molar-refractivity contribution in [1.82, 2.24) is 9.97 Å². The summed E-state index contributed by atoms with van der Waals surface area (Å²) in [5.41, 5.74) is -0.384. The van der Waals surface area contributed by atoms with Gasteiger partial charge in [0.2, 0.25) is 5.75 Å². The summed E-state index contributed by atoms with van der Waals surface area (Å²) < 4.78 is 25.6. The minimum atomic E-state index is -0.384. The highest BCUT2D eigenvalue weighted by Crippen LogP contribution is 2.16. The lowest BCUT2D eigenvalue weighted by molar-refractivity contribution is 0.0174. The van der Waals surface area contributed by atoms with E-state index < -0.39 is 0 Å². The minimum Gasteiger partial charge on any atom is -0.487 e. The van der Waals surface area contributed by atoms with Gasteiger partial charge in [-0.25, -0.2) is 4.98 Å². The van der Waals surface area contributed by atoms with Gasteiger partial charge in [-0.15, -0.1) is 0 Å². The van der Waals surface area contributed by atoms with E-state index in [4.69, 9.17) is 23.7 Å². The second-order valence-corrected chi connectivity index (χ2v) is 3.64. The molecule has 8 heteroatoms. The first kappa shape index (κ1) is 16.4. The van der Waals surface area contributed by atoms with Crippen molar-refractivity contribution in [2.75, 3.05) is 53.9 Å². The maximum absolute atomic E-state index is 11.4. The molecule has 0 radical (unpaired) electrons. The van der Waals surface area contributed by atoms with Crippen molar-refractivity contribution in [3.8, 4) is 11.6 Å². The largest absolute Gasteiger partial charge is 0.487 e. The summed E-state index contributed by atoms with van der Waals surface area (Å²) >= 11 is 0. The first-order valence-electron chi connectivity index (χ1n) is 6.18. The van der Waals surface area contributed by atoms with Crippen LogP contribution in [0.3, 0.4) is 0 Å². The van der Waals surface area contributed by atoms with Gasteiger partial charge in [-0.2, -0.15) is 0 Å². The molecule has 1 rings (SSSR count). The molecule has 8 nitrogen and oxygen atoms in total. The van der Waals surface area contributed by atoms with Crippen LogP contribution in [-0.4, -0.2) is 63.8 Å². The lowest BCUT2D eigenvalue weighted by Gasteiger charge is -2.08. The molecule has 114 valence electrons. The maximum atomic E-state index is 11.4. The second kappa shape index (κ2) is 10.2. The third-order valence-electron chi connectivity index (χ3n) is 2.25. The molecule has 1 N–H and O–H groups in total. The highest BCUT2D eigenvalue weighted by molar-refractivity contribution is 5.29. The van der Waals surface area contributed by atoms with Gasteiger partial charge in [0.25, 0.3) is 11.4 Å². The van der Waals surface area contributed by atoms with Gasteiger partial charge in [0.15, 0.2) is 0 Å². The summed E-state index contributed by atoms with van der Waals surface area (Å²) in [6, 6.07) is 0. The zero-order valence-corrected chi connectivity index (χ0v) is 11.7. The quantitative estimate of drug-likeness (QED) is 0.565. The number of aromatic nitrogens is 2. The predicted octanol–water partition coefficient (Wildman–Crippen LogP) is -0.163. The van der Waals surface area contributed by atoms with E-state index in [1.54, 1.807) is 7.11 Å². The Bertz CT molecular complexity index is 423. The lowest BCUT2D eigenvalue weighted by atomic mass is 10.5. The van der Waals surface area contributed by atoms with E-state index in [1.807, 2.05) is 0 Å². The SMILES string of the molecule is COCCOCCOCCOc1nc[nH]c(=O)c1OC. The Balaban J connectivity index is 2.13. The van der Waals surface area contributed by atoms with Crippen LogP contribution in [0.15, 0.2) is 11.1 Å². The standard InChI is InChI=1S/C12H20N2O6/c1-16-3-4-18-5-6-19-7-8-20-12-10(17-2)11(15)13-9-14-12/h9H,3-8H2,1-2H3,(H,13,14,15). The molecule has 0 unspecified atom stereocenters. The maximum Gasteiger partial charge on any atom is 0.297 e. The molecule has 0 spiro atoms. The van der Waals surface area contributed by atoms with Crippen molar-refractivity contribution < 1.29 is 23.7 Å². The fourth-order valence-electron chi connectivity index (χ4n) is 1.32. The number of nitrogens with one attached hydrogen (secondary N) is 1. The first-order chi connectivity index (χ1) is 9.79. The van der Waals surface area contributed by atoms with E-state index in [1.165, 1.54) is 13.4 Å². The van der Waals surface area contributed by atoms with E-state index in [9.17, 15) is 4.79 Å². The van der Waals surface area contributed by atoms with Gasteiger partial charge in [-0.3, -0.25) is 4.79 Å². The van der Waals surface area contributed by atoms with E-state index in [2.05, 4.69) is 9.97 Å². The zero-order valence-electron chi connectivity index (χ0n) is 11.7. The van der Waals surface area contributed by atoms with Crippen molar-refractivity contribution >= 4 is 0 Å². The summed E-state index contributed by atoms with van der Waals surface area (Å²) in [6.45, 7) is 2.71. The topological polar surface area (TPSA) is 91.9 Å². The molecule has 0 aliphatic rings. The predicted molar refractivity (Wildman–Crippen MR) is 70.4 cm³/mol. The molecule has 0 atom stereocenters. The summed E-state index contributed by atoms with van der Waals surface area (Å²) in [6.07, 6.45) is 1.25. The highest BCUT2D eigenvalue weighted by Gasteiger charge is 2.09. The van der Waals surface area contributed by atoms with Crippen LogP contribution in [0, 0.1) is 0 Å². The fourth-order valence-corrected chi connectivity index (χ4v) is 1.32. The molecular formula is C12H20N2O6. The lowest BCUT2D eigenvalue weighted by Crippen LogP contribution is -2.15. The number of aromatic amines is 1. The Labute approximate surface area is 117 Å². The Morgan fingerprint density at radius 2 is 1.70 bits per heavy atom. The van der Waals surface area contributed by atoms with E-state index >= 15 is 0 Å². The number of rotatable bonds is 11. The summed E-state index contributed by atoms with van der Waals surface area (Å²) in [4.78, 5) is 17.7. The normalized spacial score (nSPS) is 10.5. The molecule has 0 aliphatic heterocycles. The van der Waals surface area contributed by atoms with Crippen LogP contribution in [-0.2, 0) is 14.2 Å². The Kier molecular flexibility index (Phi) is 8.36. The van der Waals surface area contributed by atoms with Crippen LogP contribution < -0.4 is 15.0 Å².